The van der Waals surface area contributed by atoms with E-state index in [0.717, 1.165) is 31.4 Å². The van der Waals surface area contributed by atoms with E-state index in [1.165, 1.54) is 6.42 Å². The van der Waals surface area contributed by atoms with E-state index in [0.29, 0.717) is 6.42 Å². The first kappa shape index (κ1) is 12.1. The second-order valence-corrected chi connectivity index (χ2v) is 4.67. The minimum absolute atomic E-state index is 0.000140. The number of phenols is 1. The smallest absolute Gasteiger partial charge is 0.154 e. The van der Waals surface area contributed by atoms with Crippen LogP contribution in [0.25, 0.3) is 0 Å². The molecule has 17 heavy (non-hydrogen) atoms. The molecule has 2 rings (SSSR count). The second-order valence-electron chi connectivity index (χ2n) is 4.67. The molecule has 0 spiro atoms. The van der Waals surface area contributed by atoms with Gasteiger partial charge in [-0.05, 0) is 37.1 Å². The Labute approximate surface area is 102 Å². The second kappa shape index (κ2) is 5.82. The van der Waals surface area contributed by atoms with E-state index < -0.39 is 0 Å². The lowest BCUT2D eigenvalue weighted by Gasteiger charge is -2.14. The van der Waals surface area contributed by atoms with Crippen molar-refractivity contribution in [2.45, 2.75) is 38.1 Å². The molecule has 1 fully saturated rings. The van der Waals surface area contributed by atoms with Gasteiger partial charge < -0.3 is 10.4 Å². The van der Waals surface area contributed by atoms with Crippen molar-refractivity contribution < 1.29 is 9.90 Å². The molecule has 1 unspecified atom stereocenters. The molecule has 1 heterocycles. The van der Waals surface area contributed by atoms with Gasteiger partial charge in [-0.1, -0.05) is 25.0 Å². The summed E-state index contributed by atoms with van der Waals surface area (Å²) in [5.41, 5.74) is 0.890. The zero-order chi connectivity index (χ0) is 12.1. The third kappa shape index (κ3) is 3.56. The largest absolute Gasteiger partial charge is 0.508 e. The van der Waals surface area contributed by atoms with Crippen LogP contribution in [0.5, 0.6) is 5.75 Å². The fourth-order valence-electron chi connectivity index (χ4n) is 2.29. The summed E-state index contributed by atoms with van der Waals surface area (Å²) >= 11 is 0. The molecule has 1 aromatic rings. The Hall–Kier alpha value is -1.35. The zero-order valence-corrected chi connectivity index (χ0v) is 9.98. The molecule has 1 saturated heterocycles. The summed E-state index contributed by atoms with van der Waals surface area (Å²) < 4.78 is 0. The number of phenolic OH excluding ortho intramolecular Hbond substituents is 1. The van der Waals surface area contributed by atoms with Gasteiger partial charge in [-0.3, -0.25) is 4.79 Å². The number of benzene rings is 1. The van der Waals surface area contributed by atoms with Crippen molar-refractivity contribution in [2.75, 3.05) is 6.54 Å². The summed E-state index contributed by atoms with van der Waals surface area (Å²) in [6.45, 7) is 0.941. The molecule has 3 nitrogen and oxygen atoms in total. The van der Waals surface area contributed by atoms with Crippen LogP contribution in [0.3, 0.4) is 0 Å². The standard InChI is InChI=1S/C14H19NO2/c16-12-6-4-5-11(9-12)10-14(17)13-7-2-1-3-8-15-13/h4-6,9,13,15-16H,1-3,7-8,10H2. The molecule has 0 amide bonds. The molecule has 92 valence electrons. The Morgan fingerprint density at radius 1 is 1.35 bits per heavy atom. The number of rotatable bonds is 3. The van der Waals surface area contributed by atoms with Crippen LogP contribution in [0.1, 0.15) is 31.2 Å². The highest BCUT2D eigenvalue weighted by molar-refractivity contribution is 5.86. The normalized spacial score (nSPS) is 20.8. The van der Waals surface area contributed by atoms with E-state index in [-0.39, 0.29) is 17.6 Å². The third-order valence-corrected chi connectivity index (χ3v) is 3.24. The lowest BCUT2D eigenvalue weighted by atomic mass is 10.0. The summed E-state index contributed by atoms with van der Waals surface area (Å²) in [7, 11) is 0. The molecule has 1 aromatic carbocycles. The van der Waals surface area contributed by atoms with Gasteiger partial charge in [0.1, 0.15) is 5.75 Å². The Morgan fingerprint density at radius 3 is 3.06 bits per heavy atom. The van der Waals surface area contributed by atoms with Gasteiger partial charge in [0, 0.05) is 6.42 Å². The van der Waals surface area contributed by atoms with Crippen LogP contribution in [0.4, 0.5) is 0 Å². The van der Waals surface area contributed by atoms with Crippen LogP contribution in [0.15, 0.2) is 24.3 Å². The maximum atomic E-state index is 12.1. The van der Waals surface area contributed by atoms with E-state index >= 15 is 0 Å². The monoisotopic (exact) mass is 233 g/mol. The van der Waals surface area contributed by atoms with Crippen LogP contribution in [-0.2, 0) is 11.2 Å². The quantitative estimate of drug-likeness (QED) is 0.840. The number of nitrogens with one attached hydrogen (secondary N) is 1. The van der Waals surface area contributed by atoms with E-state index in [4.69, 9.17) is 0 Å². The molecule has 0 bridgehead atoms. The van der Waals surface area contributed by atoms with Crippen molar-refractivity contribution >= 4 is 5.78 Å². The van der Waals surface area contributed by atoms with Crippen molar-refractivity contribution in [2.24, 2.45) is 0 Å². The number of Topliss-reactive ketones (excluding diaryl/α,β-unsaturated/α-hetero) is 1. The van der Waals surface area contributed by atoms with Crippen molar-refractivity contribution in [3.05, 3.63) is 29.8 Å². The van der Waals surface area contributed by atoms with Gasteiger partial charge in [0.2, 0.25) is 0 Å². The minimum atomic E-state index is -0.000140. The number of hydrogen-bond acceptors (Lipinski definition) is 3. The Bertz CT molecular complexity index is 382. The zero-order valence-electron chi connectivity index (χ0n) is 9.98. The fourth-order valence-corrected chi connectivity index (χ4v) is 2.29. The first-order valence-electron chi connectivity index (χ1n) is 6.30. The third-order valence-electron chi connectivity index (χ3n) is 3.24. The Kier molecular flexibility index (Phi) is 4.15. The van der Waals surface area contributed by atoms with E-state index in [2.05, 4.69) is 5.32 Å². The highest BCUT2D eigenvalue weighted by atomic mass is 16.3. The van der Waals surface area contributed by atoms with Gasteiger partial charge in [0.25, 0.3) is 0 Å². The van der Waals surface area contributed by atoms with E-state index in [9.17, 15) is 9.90 Å². The molecule has 0 aliphatic carbocycles. The average molecular weight is 233 g/mol. The van der Waals surface area contributed by atoms with E-state index in [1.807, 2.05) is 6.07 Å². The Balaban J connectivity index is 1.95. The predicted molar refractivity (Wildman–Crippen MR) is 67.1 cm³/mol. The summed E-state index contributed by atoms with van der Waals surface area (Å²) in [6, 6.07) is 6.94. The van der Waals surface area contributed by atoms with Crippen molar-refractivity contribution in [3.8, 4) is 5.75 Å². The lowest BCUT2D eigenvalue weighted by Crippen LogP contribution is -2.36. The molecule has 1 aliphatic heterocycles. The summed E-state index contributed by atoms with van der Waals surface area (Å²) in [6.07, 6.45) is 4.85. The van der Waals surface area contributed by atoms with Gasteiger partial charge >= 0.3 is 0 Å². The van der Waals surface area contributed by atoms with Gasteiger partial charge in [0.15, 0.2) is 5.78 Å². The van der Waals surface area contributed by atoms with Gasteiger partial charge in [-0.25, -0.2) is 0 Å². The number of ketones is 1. The summed E-state index contributed by atoms with van der Waals surface area (Å²) in [5.74, 6) is 0.460. The minimum Gasteiger partial charge on any atom is -0.508 e. The summed E-state index contributed by atoms with van der Waals surface area (Å²) in [4.78, 5) is 12.1. The molecule has 1 aliphatic rings. The van der Waals surface area contributed by atoms with E-state index in [1.54, 1.807) is 18.2 Å². The molecule has 3 heteroatoms. The molecule has 0 saturated carbocycles. The van der Waals surface area contributed by atoms with Crippen molar-refractivity contribution in [3.63, 3.8) is 0 Å². The van der Waals surface area contributed by atoms with Gasteiger partial charge in [-0.15, -0.1) is 0 Å². The van der Waals surface area contributed by atoms with Crippen molar-refractivity contribution in [1.29, 1.82) is 0 Å². The SMILES string of the molecule is O=C(Cc1cccc(O)c1)C1CCCCCN1. The number of carbonyl (C=O) groups excluding carboxylic acids is 1. The molecule has 2 N–H and O–H groups in total. The number of carbonyl (C=O) groups is 1. The van der Waals surface area contributed by atoms with Gasteiger partial charge in [0.05, 0.1) is 6.04 Å². The first-order valence-corrected chi connectivity index (χ1v) is 6.30. The maximum absolute atomic E-state index is 12.1. The molecular formula is C14H19NO2. The average Bonchev–Trinajstić information content (AvgIpc) is 2.57. The van der Waals surface area contributed by atoms with Crippen LogP contribution in [0.2, 0.25) is 0 Å². The summed E-state index contributed by atoms with van der Waals surface area (Å²) in [5, 5.41) is 12.7. The fraction of sp³-hybridized carbons (Fsp3) is 0.500. The van der Waals surface area contributed by atoms with Crippen LogP contribution < -0.4 is 5.32 Å². The number of aromatic hydroxyl groups is 1. The van der Waals surface area contributed by atoms with Crippen LogP contribution in [0, 0.1) is 0 Å². The molecular weight excluding hydrogens is 214 g/mol. The van der Waals surface area contributed by atoms with Crippen LogP contribution >= 0.6 is 0 Å². The highest BCUT2D eigenvalue weighted by Gasteiger charge is 2.19. The number of hydrogen-bond donors (Lipinski definition) is 2. The predicted octanol–water partition coefficient (Wildman–Crippen LogP) is 2.04. The maximum Gasteiger partial charge on any atom is 0.154 e. The molecule has 0 radical (unpaired) electrons. The lowest BCUT2D eigenvalue weighted by molar-refractivity contribution is -0.120. The first-order chi connectivity index (χ1) is 8.25. The topological polar surface area (TPSA) is 49.3 Å². The molecule has 1 atom stereocenters. The van der Waals surface area contributed by atoms with Gasteiger partial charge in [-0.2, -0.15) is 0 Å². The highest BCUT2D eigenvalue weighted by Crippen LogP contribution is 2.14. The van der Waals surface area contributed by atoms with Crippen molar-refractivity contribution in [1.82, 2.24) is 5.32 Å². The Morgan fingerprint density at radius 2 is 2.24 bits per heavy atom. The molecule has 0 aromatic heterocycles. The van der Waals surface area contributed by atoms with Crippen LogP contribution in [-0.4, -0.2) is 23.5 Å².